The Morgan fingerprint density at radius 3 is 3.00 bits per heavy atom. The minimum absolute atomic E-state index is 0.151. The molecule has 72 valence electrons. The molecule has 0 spiro atoms. The summed E-state index contributed by atoms with van der Waals surface area (Å²) >= 11 is 0. The first-order valence-electron chi connectivity index (χ1n) is 3.86. The minimum Gasteiger partial charge on any atom is -0.303 e. The van der Waals surface area contributed by atoms with Gasteiger partial charge in [-0.3, -0.25) is 10.2 Å². The molecule has 2 rings (SSSR count). The average molecular weight is 194 g/mol. The number of fused-ring (bicyclic) bond motifs is 1. The quantitative estimate of drug-likeness (QED) is 0.383. The van der Waals surface area contributed by atoms with Crippen LogP contribution in [0, 0.1) is 5.82 Å². The Morgan fingerprint density at radius 1 is 1.50 bits per heavy atom. The molecule has 3 N–H and O–H groups in total. The zero-order valence-electron chi connectivity index (χ0n) is 7.07. The highest BCUT2D eigenvalue weighted by molar-refractivity contribution is 5.92. The monoisotopic (exact) mass is 194 g/mol. The van der Waals surface area contributed by atoms with Crippen LogP contribution in [-0.2, 0) is 0 Å². The number of nitrogen functional groups attached to an aromatic ring is 1. The Morgan fingerprint density at radius 2 is 2.29 bits per heavy atom. The van der Waals surface area contributed by atoms with E-state index in [1.54, 1.807) is 0 Å². The van der Waals surface area contributed by atoms with Gasteiger partial charge in [-0.1, -0.05) is 0 Å². The Balaban J connectivity index is 2.56. The molecule has 0 aliphatic rings. The molecule has 0 aromatic carbocycles. The van der Waals surface area contributed by atoms with Crippen LogP contribution in [-0.4, -0.2) is 15.3 Å². The van der Waals surface area contributed by atoms with E-state index in [4.69, 9.17) is 5.84 Å². The van der Waals surface area contributed by atoms with Gasteiger partial charge >= 0.3 is 0 Å². The Kier molecular flexibility index (Phi) is 1.90. The molecule has 6 heteroatoms. The zero-order valence-corrected chi connectivity index (χ0v) is 7.07. The zero-order chi connectivity index (χ0) is 10.1. The fraction of sp³-hybridized carbons (Fsp3) is 0. The molecule has 14 heavy (non-hydrogen) atoms. The third kappa shape index (κ3) is 1.31. The molecular weight excluding hydrogens is 187 g/mol. The van der Waals surface area contributed by atoms with Gasteiger partial charge in [-0.05, 0) is 12.1 Å². The molecule has 0 unspecified atom stereocenters. The molecule has 0 aliphatic heterocycles. The Hall–Kier alpha value is -1.95. The van der Waals surface area contributed by atoms with Crippen LogP contribution in [0.4, 0.5) is 4.39 Å². The van der Waals surface area contributed by atoms with Crippen molar-refractivity contribution in [2.45, 2.75) is 0 Å². The van der Waals surface area contributed by atoms with Gasteiger partial charge in [0.15, 0.2) is 0 Å². The summed E-state index contributed by atoms with van der Waals surface area (Å²) in [5.41, 5.74) is 2.59. The Labute approximate surface area is 78.3 Å². The SMILES string of the molecule is NNC(=O)c1cn2cc(F)ccc2n1. The number of carbonyl (C=O) groups excluding carboxylic acids is 1. The van der Waals surface area contributed by atoms with E-state index in [2.05, 4.69) is 4.98 Å². The van der Waals surface area contributed by atoms with Gasteiger partial charge < -0.3 is 4.40 Å². The second-order valence-corrected chi connectivity index (χ2v) is 2.71. The van der Waals surface area contributed by atoms with Crippen molar-refractivity contribution in [3.63, 3.8) is 0 Å². The van der Waals surface area contributed by atoms with Gasteiger partial charge in [0, 0.05) is 12.4 Å². The lowest BCUT2D eigenvalue weighted by Crippen LogP contribution is -2.30. The summed E-state index contributed by atoms with van der Waals surface area (Å²) < 4.78 is 14.2. The second-order valence-electron chi connectivity index (χ2n) is 2.71. The number of rotatable bonds is 1. The van der Waals surface area contributed by atoms with Crippen LogP contribution in [0.5, 0.6) is 0 Å². The number of nitrogens with one attached hydrogen (secondary N) is 1. The first kappa shape index (κ1) is 8.64. The number of hydrogen-bond acceptors (Lipinski definition) is 3. The van der Waals surface area contributed by atoms with Gasteiger partial charge in [0.05, 0.1) is 0 Å². The maximum absolute atomic E-state index is 12.8. The van der Waals surface area contributed by atoms with E-state index in [0.717, 1.165) is 0 Å². The number of hydrogen-bond donors (Lipinski definition) is 2. The number of nitrogens with zero attached hydrogens (tertiary/aromatic N) is 2. The van der Waals surface area contributed by atoms with Crippen LogP contribution >= 0.6 is 0 Å². The van der Waals surface area contributed by atoms with Gasteiger partial charge in [0.1, 0.15) is 17.2 Å². The van der Waals surface area contributed by atoms with Gasteiger partial charge in [-0.2, -0.15) is 0 Å². The first-order valence-corrected chi connectivity index (χ1v) is 3.86. The molecule has 2 aromatic heterocycles. The summed E-state index contributed by atoms with van der Waals surface area (Å²) in [5, 5.41) is 0. The lowest BCUT2D eigenvalue weighted by Gasteiger charge is -1.90. The van der Waals surface area contributed by atoms with Gasteiger partial charge in [-0.25, -0.2) is 15.2 Å². The third-order valence-electron chi connectivity index (χ3n) is 1.78. The second kappa shape index (κ2) is 3.08. The van der Waals surface area contributed by atoms with E-state index in [-0.39, 0.29) is 5.69 Å². The summed E-state index contributed by atoms with van der Waals surface area (Å²) in [7, 11) is 0. The normalized spacial score (nSPS) is 10.4. The van der Waals surface area contributed by atoms with Crippen molar-refractivity contribution in [2.75, 3.05) is 0 Å². The number of hydrazine groups is 1. The number of carbonyl (C=O) groups is 1. The molecule has 0 aliphatic carbocycles. The third-order valence-corrected chi connectivity index (χ3v) is 1.78. The summed E-state index contributed by atoms with van der Waals surface area (Å²) in [5.74, 6) is 4.03. The van der Waals surface area contributed by atoms with Crippen molar-refractivity contribution in [1.29, 1.82) is 0 Å². The largest absolute Gasteiger partial charge is 0.303 e. The van der Waals surface area contributed by atoms with Crippen molar-refractivity contribution in [1.82, 2.24) is 14.8 Å². The van der Waals surface area contributed by atoms with Crippen LogP contribution in [0.25, 0.3) is 5.65 Å². The van der Waals surface area contributed by atoms with Crippen molar-refractivity contribution in [3.05, 3.63) is 36.0 Å². The molecule has 5 nitrogen and oxygen atoms in total. The van der Waals surface area contributed by atoms with E-state index >= 15 is 0 Å². The van der Waals surface area contributed by atoms with Crippen molar-refractivity contribution in [3.8, 4) is 0 Å². The number of nitrogens with two attached hydrogens (primary N) is 1. The van der Waals surface area contributed by atoms with E-state index in [1.165, 1.54) is 28.9 Å². The Bertz CT molecular complexity index is 493. The standard InChI is InChI=1S/C8H7FN4O/c9-5-1-2-7-11-6(8(14)12-10)4-13(7)3-5/h1-4H,10H2,(H,12,14). The maximum atomic E-state index is 12.8. The lowest BCUT2D eigenvalue weighted by atomic mass is 10.4. The number of aromatic nitrogens is 2. The van der Waals surface area contributed by atoms with Crippen LogP contribution in [0.3, 0.4) is 0 Å². The van der Waals surface area contributed by atoms with Crippen molar-refractivity contribution >= 4 is 11.6 Å². The summed E-state index contributed by atoms with van der Waals surface area (Å²) in [6.45, 7) is 0. The number of pyridine rings is 1. The van der Waals surface area contributed by atoms with E-state index < -0.39 is 11.7 Å². The molecule has 0 bridgehead atoms. The molecular formula is C8H7FN4O. The van der Waals surface area contributed by atoms with Gasteiger partial charge in [0.2, 0.25) is 0 Å². The van der Waals surface area contributed by atoms with Crippen LogP contribution in [0.2, 0.25) is 0 Å². The minimum atomic E-state index is -0.505. The van der Waals surface area contributed by atoms with Gasteiger partial charge in [-0.15, -0.1) is 0 Å². The first-order chi connectivity index (χ1) is 6.70. The fourth-order valence-corrected chi connectivity index (χ4v) is 1.15. The fourth-order valence-electron chi connectivity index (χ4n) is 1.15. The van der Waals surface area contributed by atoms with Crippen LogP contribution in [0.1, 0.15) is 10.5 Å². The molecule has 0 atom stereocenters. The van der Waals surface area contributed by atoms with Crippen molar-refractivity contribution in [2.24, 2.45) is 5.84 Å². The molecule has 1 amide bonds. The summed E-state index contributed by atoms with van der Waals surface area (Å²) in [4.78, 5) is 15.0. The topological polar surface area (TPSA) is 72.4 Å². The smallest absolute Gasteiger partial charge is 0.285 e. The highest BCUT2D eigenvalue weighted by atomic mass is 19.1. The molecule has 0 fully saturated rings. The molecule has 2 heterocycles. The number of amides is 1. The van der Waals surface area contributed by atoms with E-state index in [1.807, 2.05) is 5.43 Å². The molecule has 0 saturated heterocycles. The average Bonchev–Trinajstić information content (AvgIpc) is 2.59. The molecule has 0 radical (unpaired) electrons. The number of halogens is 1. The van der Waals surface area contributed by atoms with Crippen LogP contribution in [0.15, 0.2) is 24.5 Å². The molecule has 2 aromatic rings. The highest BCUT2D eigenvalue weighted by Crippen LogP contribution is 2.06. The highest BCUT2D eigenvalue weighted by Gasteiger charge is 2.08. The maximum Gasteiger partial charge on any atom is 0.285 e. The predicted molar refractivity (Wildman–Crippen MR) is 46.8 cm³/mol. The van der Waals surface area contributed by atoms with Gasteiger partial charge in [0.25, 0.3) is 5.91 Å². The molecule has 0 saturated carbocycles. The predicted octanol–water partition coefficient (Wildman–Crippen LogP) is 0.0769. The van der Waals surface area contributed by atoms with E-state index in [9.17, 15) is 9.18 Å². The lowest BCUT2D eigenvalue weighted by molar-refractivity contribution is 0.0949. The number of imidazole rings is 1. The van der Waals surface area contributed by atoms with E-state index in [0.29, 0.717) is 5.65 Å². The van der Waals surface area contributed by atoms with Crippen molar-refractivity contribution < 1.29 is 9.18 Å². The van der Waals surface area contributed by atoms with Crippen LogP contribution < -0.4 is 11.3 Å². The summed E-state index contributed by atoms with van der Waals surface area (Å²) in [6, 6.07) is 2.75. The summed E-state index contributed by atoms with van der Waals surface area (Å²) in [6.07, 6.45) is 2.64.